The summed E-state index contributed by atoms with van der Waals surface area (Å²) >= 11 is 5.70. The summed E-state index contributed by atoms with van der Waals surface area (Å²) in [7, 11) is 0. The van der Waals surface area contributed by atoms with Crippen LogP contribution in [-0.4, -0.2) is 23.4 Å². The number of carbonyl (C=O) groups excluding carboxylic acids is 2. The molecule has 0 aliphatic carbocycles. The summed E-state index contributed by atoms with van der Waals surface area (Å²) in [5, 5.41) is 0.397. The fourth-order valence-corrected chi connectivity index (χ4v) is 2.66. The summed E-state index contributed by atoms with van der Waals surface area (Å²) < 4.78 is 5.15. The zero-order chi connectivity index (χ0) is 17.6. The van der Waals surface area contributed by atoms with Crippen molar-refractivity contribution in [3.05, 3.63) is 65.0 Å². The lowest BCUT2D eigenvalue weighted by Crippen LogP contribution is -2.23. The van der Waals surface area contributed by atoms with E-state index in [4.69, 9.17) is 16.3 Å². The maximum absolute atomic E-state index is 11.8. The number of carbonyl (C=O) groups is 2. The van der Waals surface area contributed by atoms with Crippen LogP contribution in [0.1, 0.15) is 24.0 Å². The molecule has 1 fully saturated rings. The van der Waals surface area contributed by atoms with Crippen molar-refractivity contribution in [3.63, 3.8) is 0 Å². The monoisotopic (exact) mass is 356 g/mol. The van der Waals surface area contributed by atoms with Crippen LogP contribution in [0.2, 0.25) is 5.15 Å². The van der Waals surface area contributed by atoms with E-state index in [-0.39, 0.29) is 12.5 Å². The molecule has 0 atom stereocenters. The highest BCUT2D eigenvalue weighted by atomic mass is 35.5. The Kier molecular flexibility index (Phi) is 5.46. The fourth-order valence-electron chi connectivity index (χ4n) is 2.55. The molecular weight excluding hydrogens is 340 g/mol. The molecule has 0 bridgehead atoms. The number of aromatic nitrogens is 1. The Morgan fingerprint density at radius 3 is 2.68 bits per heavy atom. The Labute approximate surface area is 150 Å². The zero-order valence-electron chi connectivity index (χ0n) is 13.5. The highest BCUT2D eigenvalue weighted by Gasteiger charge is 2.21. The zero-order valence-corrected chi connectivity index (χ0v) is 14.3. The predicted octanol–water partition coefficient (Wildman–Crippen LogP) is 3.62. The van der Waals surface area contributed by atoms with Crippen LogP contribution in [0, 0.1) is 0 Å². The molecule has 5 nitrogen and oxygen atoms in total. The molecule has 0 radical (unpaired) electrons. The van der Waals surface area contributed by atoms with Crippen LogP contribution in [0.5, 0.6) is 0 Å². The van der Waals surface area contributed by atoms with Gasteiger partial charge in [-0.3, -0.25) is 4.79 Å². The molecule has 1 aromatic carbocycles. The van der Waals surface area contributed by atoms with Gasteiger partial charge in [-0.05, 0) is 36.3 Å². The normalized spacial score (nSPS) is 14.3. The van der Waals surface area contributed by atoms with Crippen LogP contribution < -0.4 is 4.90 Å². The first-order valence-electron chi connectivity index (χ1n) is 7.97. The molecule has 0 saturated carbocycles. The molecule has 0 unspecified atom stereocenters. The molecule has 1 amide bonds. The maximum atomic E-state index is 11.8. The Morgan fingerprint density at radius 2 is 2.04 bits per heavy atom. The number of ether oxygens (including phenoxy) is 1. The number of amides is 1. The van der Waals surface area contributed by atoms with Gasteiger partial charge in [0.25, 0.3) is 0 Å². The second kappa shape index (κ2) is 7.94. The van der Waals surface area contributed by atoms with Crippen molar-refractivity contribution >= 4 is 35.2 Å². The summed E-state index contributed by atoms with van der Waals surface area (Å²) in [5.74, 6) is -0.280. The summed E-state index contributed by atoms with van der Waals surface area (Å²) in [5.41, 5.74) is 2.52. The van der Waals surface area contributed by atoms with Gasteiger partial charge >= 0.3 is 5.97 Å². The average molecular weight is 357 g/mol. The van der Waals surface area contributed by atoms with E-state index in [1.165, 1.54) is 6.08 Å². The van der Waals surface area contributed by atoms with Gasteiger partial charge in [0, 0.05) is 36.5 Å². The number of nitrogens with zero attached hydrogens (tertiary/aromatic N) is 2. The third kappa shape index (κ3) is 4.67. The minimum Gasteiger partial charge on any atom is -0.458 e. The standard InChI is InChI=1S/C19H17ClN2O3/c20-17-9-5-15(12-21-17)13-25-19(24)10-6-14-3-7-16(8-4-14)22-11-1-2-18(22)23/h3-10,12H,1-2,11,13H2/b10-6+. The van der Waals surface area contributed by atoms with Crippen molar-refractivity contribution in [1.29, 1.82) is 0 Å². The second-order valence-electron chi connectivity index (χ2n) is 5.67. The van der Waals surface area contributed by atoms with E-state index in [1.807, 2.05) is 24.3 Å². The molecule has 2 aromatic rings. The van der Waals surface area contributed by atoms with Crippen LogP contribution in [0.3, 0.4) is 0 Å². The first-order chi connectivity index (χ1) is 12.1. The van der Waals surface area contributed by atoms with Gasteiger partial charge in [-0.25, -0.2) is 9.78 Å². The minimum absolute atomic E-state index is 0.142. The Morgan fingerprint density at radius 1 is 1.24 bits per heavy atom. The van der Waals surface area contributed by atoms with Crippen molar-refractivity contribution < 1.29 is 14.3 Å². The minimum atomic E-state index is -0.436. The summed E-state index contributed by atoms with van der Waals surface area (Å²) in [6.07, 6.45) is 6.13. The molecule has 25 heavy (non-hydrogen) atoms. The highest BCUT2D eigenvalue weighted by molar-refractivity contribution is 6.29. The van der Waals surface area contributed by atoms with Crippen LogP contribution in [0.15, 0.2) is 48.7 Å². The van der Waals surface area contributed by atoms with E-state index >= 15 is 0 Å². The van der Waals surface area contributed by atoms with Crippen molar-refractivity contribution in [3.8, 4) is 0 Å². The lowest BCUT2D eigenvalue weighted by atomic mass is 10.2. The number of pyridine rings is 1. The van der Waals surface area contributed by atoms with Gasteiger partial charge in [-0.2, -0.15) is 0 Å². The SMILES string of the molecule is O=C(/C=C/c1ccc(N2CCCC2=O)cc1)OCc1ccc(Cl)nc1. The van der Waals surface area contributed by atoms with Crippen molar-refractivity contribution in [2.75, 3.05) is 11.4 Å². The molecule has 1 saturated heterocycles. The quantitative estimate of drug-likeness (QED) is 0.466. The number of halogens is 1. The number of hydrogen-bond acceptors (Lipinski definition) is 4. The predicted molar refractivity (Wildman–Crippen MR) is 96.1 cm³/mol. The largest absolute Gasteiger partial charge is 0.458 e. The number of rotatable bonds is 5. The van der Waals surface area contributed by atoms with E-state index in [0.29, 0.717) is 11.6 Å². The van der Waals surface area contributed by atoms with E-state index in [9.17, 15) is 9.59 Å². The Bertz CT molecular complexity index is 785. The highest BCUT2D eigenvalue weighted by Crippen LogP contribution is 2.21. The third-order valence-corrected chi connectivity index (χ3v) is 4.08. The van der Waals surface area contributed by atoms with Gasteiger partial charge in [0.15, 0.2) is 0 Å². The number of anilines is 1. The van der Waals surface area contributed by atoms with Crippen molar-refractivity contribution in [1.82, 2.24) is 4.98 Å². The fraction of sp³-hybridized carbons (Fsp3) is 0.211. The summed E-state index contributed by atoms with van der Waals surface area (Å²) in [6.45, 7) is 0.906. The number of esters is 1. The lowest BCUT2D eigenvalue weighted by molar-refractivity contribution is -0.138. The first kappa shape index (κ1) is 17.2. The van der Waals surface area contributed by atoms with Crippen molar-refractivity contribution in [2.45, 2.75) is 19.4 Å². The number of benzene rings is 1. The summed E-state index contributed by atoms with van der Waals surface area (Å²) in [6, 6.07) is 10.9. The third-order valence-electron chi connectivity index (χ3n) is 3.86. The van der Waals surface area contributed by atoms with Gasteiger partial charge in [0.2, 0.25) is 5.91 Å². The average Bonchev–Trinajstić information content (AvgIpc) is 3.06. The Balaban J connectivity index is 1.53. The molecule has 1 aromatic heterocycles. The molecule has 2 heterocycles. The molecule has 0 spiro atoms. The molecule has 1 aliphatic rings. The maximum Gasteiger partial charge on any atom is 0.331 e. The number of hydrogen-bond donors (Lipinski definition) is 0. The molecular formula is C19H17ClN2O3. The topological polar surface area (TPSA) is 59.5 Å². The van der Waals surface area contributed by atoms with Crippen LogP contribution in [0.4, 0.5) is 5.69 Å². The molecule has 3 rings (SSSR count). The smallest absolute Gasteiger partial charge is 0.331 e. The molecule has 6 heteroatoms. The van der Waals surface area contributed by atoms with Crippen molar-refractivity contribution in [2.24, 2.45) is 0 Å². The second-order valence-corrected chi connectivity index (χ2v) is 6.06. The molecule has 128 valence electrons. The van der Waals surface area contributed by atoms with Crippen LogP contribution >= 0.6 is 11.6 Å². The van der Waals surface area contributed by atoms with Gasteiger partial charge in [-0.15, -0.1) is 0 Å². The summed E-state index contributed by atoms with van der Waals surface area (Å²) in [4.78, 5) is 29.2. The van der Waals surface area contributed by atoms with Gasteiger partial charge in [0.05, 0.1) is 0 Å². The van der Waals surface area contributed by atoms with Gasteiger partial charge in [0.1, 0.15) is 11.8 Å². The molecule has 0 N–H and O–H groups in total. The van der Waals surface area contributed by atoms with E-state index in [1.54, 1.807) is 29.3 Å². The van der Waals surface area contributed by atoms with Crippen LogP contribution in [-0.2, 0) is 20.9 Å². The van der Waals surface area contributed by atoms with Crippen LogP contribution in [0.25, 0.3) is 6.08 Å². The van der Waals surface area contributed by atoms with Gasteiger partial charge < -0.3 is 9.64 Å². The van der Waals surface area contributed by atoms with E-state index < -0.39 is 5.97 Å². The van der Waals surface area contributed by atoms with Gasteiger partial charge in [-0.1, -0.05) is 29.8 Å². The molecule has 1 aliphatic heterocycles. The Hall–Kier alpha value is -2.66. The van der Waals surface area contributed by atoms with E-state index in [2.05, 4.69) is 4.98 Å². The first-order valence-corrected chi connectivity index (χ1v) is 8.35. The lowest BCUT2D eigenvalue weighted by Gasteiger charge is -2.15. The van der Waals surface area contributed by atoms with E-state index in [0.717, 1.165) is 29.8 Å².